The second-order valence-electron chi connectivity index (χ2n) is 10.2. The molecule has 2 atom stereocenters. The van der Waals surface area contributed by atoms with Crippen LogP contribution in [-0.4, -0.2) is 11.5 Å². The molecule has 184 valence electrons. The van der Waals surface area contributed by atoms with Crippen LogP contribution in [0.4, 0.5) is 0 Å². The van der Waals surface area contributed by atoms with E-state index < -0.39 is 5.41 Å². The average molecular weight is 485 g/mol. The number of nitrogens with zero attached hydrogens (tertiary/aromatic N) is 3. The zero-order chi connectivity index (χ0) is 26.3. The summed E-state index contributed by atoms with van der Waals surface area (Å²) >= 11 is 0. The Balaban J connectivity index is 1.62. The lowest BCUT2D eigenvalue weighted by Gasteiger charge is -2.32. The van der Waals surface area contributed by atoms with Gasteiger partial charge in [0.05, 0.1) is 29.2 Å². The normalized spacial score (nSPS) is 12.8. The van der Waals surface area contributed by atoms with E-state index in [1.807, 2.05) is 50.4 Å². The van der Waals surface area contributed by atoms with E-state index in [2.05, 4.69) is 84.0 Å². The van der Waals surface area contributed by atoms with Crippen LogP contribution < -0.4 is 5.32 Å². The molecule has 0 bridgehead atoms. The summed E-state index contributed by atoms with van der Waals surface area (Å²) in [5.74, 6) is 0.141. The fourth-order valence-corrected chi connectivity index (χ4v) is 4.69. The van der Waals surface area contributed by atoms with E-state index in [1.54, 1.807) is 6.20 Å². The van der Waals surface area contributed by atoms with Gasteiger partial charge in [0.25, 0.3) is 0 Å². The summed E-state index contributed by atoms with van der Waals surface area (Å²) in [7, 11) is 0. The zero-order valence-corrected chi connectivity index (χ0v) is 21.6. The van der Waals surface area contributed by atoms with Crippen LogP contribution in [0.1, 0.15) is 53.6 Å². The van der Waals surface area contributed by atoms with Crippen LogP contribution in [-0.2, 0) is 6.42 Å². The van der Waals surface area contributed by atoms with Crippen LogP contribution in [0.25, 0.3) is 11.1 Å². The lowest BCUT2D eigenvalue weighted by Crippen LogP contribution is -2.36. The molecule has 4 aromatic rings. The van der Waals surface area contributed by atoms with Gasteiger partial charge in [0.15, 0.2) is 0 Å². The molecule has 0 spiro atoms. The van der Waals surface area contributed by atoms with Gasteiger partial charge in [0.2, 0.25) is 0 Å². The monoisotopic (exact) mass is 484 g/mol. The summed E-state index contributed by atoms with van der Waals surface area (Å²) in [6.07, 6.45) is 4.46. The van der Waals surface area contributed by atoms with Crippen LogP contribution in [0.15, 0.2) is 97.3 Å². The van der Waals surface area contributed by atoms with Gasteiger partial charge in [-0.3, -0.25) is 4.98 Å². The molecule has 0 fully saturated rings. The van der Waals surface area contributed by atoms with E-state index in [-0.39, 0.29) is 12.0 Å². The topological polar surface area (TPSA) is 72.5 Å². The first-order valence-electron chi connectivity index (χ1n) is 12.6. The lowest BCUT2D eigenvalue weighted by molar-refractivity contribution is 0.317. The standard InChI is InChI=1S/C33H32N4/c1-24-9-11-25(12-10-24)18-31(29-7-4-6-26(19-29)20-34)22-37-32(33(2,3)23-35)28-15-13-27(14-16-28)30-8-5-17-36-21-30/h4-17,19,21,31-32,37H,18,22H2,1-3H3. The Morgan fingerprint density at radius 2 is 1.62 bits per heavy atom. The SMILES string of the molecule is Cc1ccc(CC(CNC(c2ccc(-c3cccnc3)cc2)C(C)(C)C#N)c2cccc(C#N)c2)cc1. The quantitative estimate of drug-likeness (QED) is 0.274. The number of hydrogen-bond acceptors (Lipinski definition) is 4. The molecule has 2 unspecified atom stereocenters. The third-order valence-electron chi connectivity index (χ3n) is 6.91. The maximum atomic E-state index is 10.0. The van der Waals surface area contributed by atoms with Crippen LogP contribution >= 0.6 is 0 Å². The molecule has 4 rings (SSSR count). The van der Waals surface area contributed by atoms with Crippen molar-refractivity contribution < 1.29 is 0 Å². The Morgan fingerprint density at radius 3 is 2.27 bits per heavy atom. The molecule has 1 heterocycles. The molecule has 1 aromatic heterocycles. The molecule has 0 saturated carbocycles. The van der Waals surface area contributed by atoms with Crippen LogP contribution in [0, 0.1) is 35.0 Å². The summed E-state index contributed by atoms with van der Waals surface area (Å²) in [5, 5.41) is 23.2. The molecule has 4 nitrogen and oxygen atoms in total. The first-order valence-corrected chi connectivity index (χ1v) is 12.6. The van der Waals surface area contributed by atoms with Gasteiger partial charge in [0.1, 0.15) is 0 Å². The molecule has 37 heavy (non-hydrogen) atoms. The van der Waals surface area contributed by atoms with Crippen LogP contribution in [0.3, 0.4) is 0 Å². The van der Waals surface area contributed by atoms with Gasteiger partial charge in [-0.1, -0.05) is 72.3 Å². The molecule has 0 aliphatic carbocycles. The molecule has 0 aliphatic rings. The molecular weight excluding hydrogens is 452 g/mol. The van der Waals surface area contributed by atoms with Gasteiger partial charge < -0.3 is 5.32 Å². The highest BCUT2D eigenvalue weighted by Crippen LogP contribution is 2.35. The first-order chi connectivity index (χ1) is 17.9. The van der Waals surface area contributed by atoms with Crippen molar-refractivity contribution >= 4 is 0 Å². The predicted molar refractivity (Wildman–Crippen MR) is 149 cm³/mol. The van der Waals surface area contributed by atoms with Crippen molar-refractivity contribution in [3.63, 3.8) is 0 Å². The molecule has 1 N–H and O–H groups in total. The predicted octanol–water partition coefficient (Wildman–Crippen LogP) is 7.14. The number of benzene rings is 3. The summed E-state index contributed by atoms with van der Waals surface area (Å²) in [6.45, 7) is 6.71. The first kappa shape index (κ1) is 25.8. The number of hydrogen-bond donors (Lipinski definition) is 1. The second kappa shape index (κ2) is 11.7. The molecule has 0 aliphatic heterocycles. The smallest absolute Gasteiger partial charge is 0.0991 e. The Labute approximate surface area is 220 Å². The van der Waals surface area contributed by atoms with Gasteiger partial charge >= 0.3 is 0 Å². The molecule has 0 saturated heterocycles. The number of aromatic nitrogens is 1. The fraction of sp³-hybridized carbons (Fsp3) is 0.242. The largest absolute Gasteiger partial charge is 0.308 e. The van der Waals surface area contributed by atoms with Crippen LogP contribution in [0.2, 0.25) is 0 Å². The minimum atomic E-state index is -0.626. The highest BCUT2D eigenvalue weighted by atomic mass is 14.9. The van der Waals surface area contributed by atoms with Crippen molar-refractivity contribution in [2.24, 2.45) is 5.41 Å². The molecule has 0 radical (unpaired) electrons. The number of pyridine rings is 1. The Bertz CT molecular complexity index is 1390. The Kier molecular flexibility index (Phi) is 8.14. The van der Waals surface area contributed by atoms with E-state index in [9.17, 15) is 10.5 Å². The number of nitriles is 2. The maximum absolute atomic E-state index is 10.0. The van der Waals surface area contributed by atoms with Gasteiger partial charge in [0, 0.05) is 24.9 Å². The minimum absolute atomic E-state index is 0.141. The molecule has 0 amide bonds. The average Bonchev–Trinajstić information content (AvgIpc) is 2.94. The van der Waals surface area contributed by atoms with E-state index in [1.165, 1.54) is 11.1 Å². The second-order valence-corrected chi connectivity index (χ2v) is 10.2. The fourth-order valence-electron chi connectivity index (χ4n) is 4.69. The number of rotatable bonds is 9. The third-order valence-corrected chi connectivity index (χ3v) is 6.91. The highest BCUT2D eigenvalue weighted by Gasteiger charge is 2.31. The van der Waals surface area contributed by atoms with Crippen molar-refractivity contribution in [3.05, 3.63) is 125 Å². The van der Waals surface area contributed by atoms with Gasteiger partial charge in [-0.25, -0.2) is 0 Å². The van der Waals surface area contributed by atoms with Gasteiger partial charge in [-0.2, -0.15) is 10.5 Å². The molecular formula is C33H32N4. The van der Waals surface area contributed by atoms with Crippen molar-refractivity contribution in [2.45, 2.75) is 39.2 Å². The summed E-state index contributed by atoms with van der Waals surface area (Å²) in [6, 6.07) is 33.4. The minimum Gasteiger partial charge on any atom is -0.308 e. The van der Waals surface area contributed by atoms with Crippen LogP contribution in [0.5, 0.6) is 0 Å². The molecule has 3 aromatic carbocycles. The van der Waals surface area contributed by atoms with E-state index in [4.69, 9.17) is 0 Å². The Morgan fingerprint density at radius 1 is 0.865 bits per heavy atom. The summed E-state index contributed by atoms with van der Waals surface area (Å²) in [5.41, 5.74) is 6.85. The van der Waals surface area contributed by atoms with Crippen molar-refractivity contribution in [1.29, 1.82) is 10.5 Å². The van der Waals surface area contributed by atoms with E-state index >= 15 is 0 Å². The Hall–Kier alpha value is -4.25. The summed E-state index contributed by atoms with van der Waals surface area (Å²) in [4.78, 5) is 4.22. The highest BCUT2D eigenvalue weighted by molar-refractivity contribution is 5.62. The third kappa shape index (κ3) is 6.50. The van der Waals surface area contributed by atoms with Crippen molar-refractivity contribution in [1.82, 2.24) is 10.3 Å². The number of aryl methyl sites for hydroxylation is 1. The zero-order valence-electron chi connectivity index (χ0n) is 21.6. The summed E-state index contributed by atoms with van der Waals surface area (Å²) < 4.78 is 0. The van der Waals surface area contributed by atoms with Crippen molar-refractivity contribution in [2.75, 3.05) is 6.54 Å². The molecule has 4 heteroatoms. The number of nitrogens with one attached hydrogen (secondary N) is 1. The van der Waals surface area contributed by atoms with Gasteiger partial charge in [-0.05, 0) is 73.2 Å². The van der Waals surface area contributed by atoms with E-state index in [0.29, 0.717) is 12.1 Å². The van der Waals surface area contributed by atoms with Gasteiger partial charge in [-0.15, -0.1) is 0 Å². The van der Waals surface area contributed by atoms with E-state index in [0.717, 1.165) is 28.7 Å². The maximum Gasteiger partial charge on any atom is 0.0991 e. The van der Waals surface area contributed by atoms with Crippen molar-refractivity contribution in [3.8, 4) is 23.3 Å². The lowest BCUT2D eigenvalue weighted by atomic mass is 9.80.